The number of unbranched alkanes of at least 4 members (excludes halogenated alkanes) is 1. The Hall–Kier alpha value is -0.0800. The topological polar surface area (TPSA) is 20.2 Å². The van der Waals surface area contributed by atoms with E-state index >= 15 is 0 Å². The maximum atomic E-state index is 9.07. The highest BCUT2D eigenvalue weighted by Crippen LogP contribution is 2.10. The van der Waals surface area contributed by atoms with Crippen molar-refractivity contribution in [3.05, 3.63) is 0 Å². The van der Waals surface area contributed by atoms with E-state index < -0.39 is 0 Å². The van der Waals surface area contributed by atoms with Crippen molar-refractivity contribution in [1.29, 1.82) is 0 Å². The van der Waals surface area contributed by atoms with Crippen LogP contribution < -0.4 is 0 Å². The normalized spacial score (nSPS) is 15.0. The summed E-state index contributed by atoms with van der Waals surface area (Å²) in [7, 11) is 6.41. The van der Waals surface area contributed by atoms with Gasteiger partial charge in [0.15, 0.2) is 0 Å². The van der Waals surface area contributed by atoms with Gasteiger partial charge >= 0.3 is 0 Å². The van der Waals surface area contributed by atoms with E-state index in [1.807, 2.05) is 0 Å². The van der Waals surface area contributed by atoms with Gasteiger partial charge < -0.3 is 9.59 Å². The van der Waals surface area contributed by atoms with Gasteiger partial charge in [0.05, 0.1) is 27.7 Å². The molecule has 0 saturated heterocycles. The van der Waals surface area contributed by atoms with Gasteiger partial charge in [0.2, 0.25) is 0 Å². The second-order valence-corrected chi connectivity index (χ2v) is 4.09. The Labute approximate surface area is 70.4 Å². The third-order valence-corrected chi connectivity index (χ3v) is 2.20. The van der Waals surface area contributed by atoms with Gasteiger partial charge in [0.25, 0.3) is 0 Å². The molecule has 0 aromatic heterocycles. The van der Waals surface area contributed by atoms with Crippen LogP contribution in [-0.4, -0.2) is 43.4 Å². The summed E-state index contributed by atoms with van der Waals surface area (Å²) in [6, 6.07) is 0.412. The zero-order chi connectivity index (χ0) is 8.91. The molecule has 0 aromatic rings. The summed E-state index contributed by atoms with van der Waals surface area (Å²) in [4.78, 5) is 0. The number of quaternary nitrogens is 1. The number of aliphatic hydroxyl groups is 1. The van der Waals surface area contributed by atoms with Gasteiger partial charge in [0.1, 0.15) is 6.04 Å². The minimum atomic E-state index is 0.309. The fraction of sp³-hybridized carbons (Fsp3) is 1.00. The van der Waals surface area contributed by atoms with Crippen molar-refractivity contribution in [3.8, 4) is 0 Å². The maximum Gasteiger partial charge on any atom is 0.112 e. The van der Waals surface area contributed by atoms with Crippen LogP contribution in [0.25, 0.3) is 0 Å². The van der Waals surface area contributed by atoms with Crippen molar-refractivity contribution >= 4 is 0 Å². The summed E-state index contributed by atoms with van der Waals surface area (Å²) < 4.78 is 0.872. The van der Waals surface area contributed by atoms with Gasteiger partial charge in [-0.2, -0.15) is 0 Å². The van der Waals surface area contributed by atoms with E-state index in [2.05, 4.69) is 28.1 Å². The van der Waals surface area contributed by atoms with Crippen LogP contribution in [0.3, 0.4) is 0 Å². The molecular formula is C9H22NO+. The fourth-order valence-corrected chi connectivity index (χ4v) is 1.16. The summed E-state index contributed by atoms with van der Waals surface area (Å²) in [5.74, 6) is 0. The molecule has 0 aliphatic carbocycles. The molecule has 0 aromatic carbocycles. The van der Waals surface area contributed by atoms with Crippen LogP contribution in [0, 0.1) is 0 Å². The molecule has 0 aliphatic rings. The summed E-state index contributed by atoms with van der Waals surface area (Å²) in [5.41, 5.74) is 0. The van der Waals surface area contributed by atoms with Crippen LogP contribution in [-0.2, 0) is 0 Å². The first-order valence-electron chi connectivity index (χ1n) is 4.44. The SMILES string of the molecule is CCCC[C@H](CO)[N+](C)(C)C. The van der Waals surface area contributed by atoms with E-state index in [1.54, 1.807) is 0 Å². The average molecular weight is 160 g/mol. The van der Waals surface area contributed by atoms with Crippen LogP contribution in [0.4, 0.5) is 0 Å². The van der Waals surface area contributed by atoms with Gasteiger partial charge in [-0.25, -0.2) is 0 Å². The fourth-order valence-electron chi connectivity index (χ4n) is 1.16. The monoisotopic (exact) mass is 160 g/mol. The first kappa shape index (κ1) is 10.9. The molecule has 0 spiro atoms. The average Bonchev–Trinajstić information content (AvgIpc) is 1.87. The van der Waals surface area contributed by atoms with Crippen molar-refractivity contribution in [3.63, 3.8) is 0 Å². The first-order chi connectivity index (χ1) is 5.02. The zero-order valence-electron chi connectivity index (χ0n) is 8.30. The Morgan fingerprint density at radius 2 is 1.82 bits per heavy atom. The van der Waals surface area contributed by atoms with E-state index in [0.29, 0.717) is 12.6 Å². The molecular weight excluding hydrogens is 138 g/mol. The van der Waals surface area contributed by atoms with Crippen molar-refractivity contribution in [2.75, 3.05) is 27.7 Å². The third kappa shape index (κ3) is 4.38. The van der Waals surface area contributed by atoms with Crippen LogP contribution >= 0.6 is 0 Å². The Kier molecular flexibility index (Phi) is 4.69. The van der Waals surface area contributed by atoms with Gasteiger partial charge in [-0.05, 0) is 6.42 Å². The predicted molar refractivity (Wildman–Crippen MR) is 48.4 cm³/mol. The molecule has 0 radical (unpaired) electrons. The van der Waals surface area contributed by atoms with E-state index in [1.165, 1.54) is 12.8 Å². The molecule has 0 saturated carbocycles. The number of rotatable bonds is 5. The van der Waals surface area contributed by atoms with E-state index in [4.69, 9.17) is 5.11 Å². The zero-order valence-corrected chi connectivity index (χ0v) is 8.30. The second kappa shape index (κ2) is 4.73. The molecule has 0 unspecified atom stereocenters. The van der Waals surface area contributed by atoms with Gasteiger partial charge in [0, 0.05) is 6.42 Å². The molecule has 1 N–H and O–H groups in total. The van der Waals surface area contributed by atoms with E-state index in [-0.39, 0.29) is 0 Å². The van der Waals surface area contributed by atoms with Crippen molar-refractivity contribution in [2.45, 2.75) is 32.2 Å². The second-order valence-electron chi connectivity index (χ2n) is 4.09. The minimum Gasteiger partial charge on any atom is -0.390 e. The Bertz CT molecular complexity index is 96.2. The number of nitrogens with zero attached hydrogens (tertiary/aromatic N) is 1. The summed E-state index contributed by atoms with van der Waals surface area (Å²) in [6.07, 6.45) is 3.58. The molecule has 1 atom stereocenters. The van der Waals surface area contributed by atoms with Crippen LogP contribution in [0.2, 0.25) is 0 Å². The number of likely N-dealkylation sites (N-methyl/N-ethyl adjacent to an activating group) is 1. The predicted octanol–water partition coefficient (Wildman–Crippen LogP) is 1.24. The summed E-state index contributed by atoms with van der Waals surface area (Å²) in [6.45, 7) is 2.49. The van der Waals surface area contributed by atoms with Crippen molar-refractivity contribution < 1.29 is 9.59 Å². The molecule has 0 rings (SSSR count). The molecule has 0 bridgehead atoms. The van der Waals surface area contributed by atoms with Gasteiger partial charge in [-0.1, -0.05) is 13.3 Å². The van der Waals surface area contributed by atoms with Crippen LogP contribution in [0.15, 0.2) is 0 Å². The first-order valence-corrected chi connectivity index (χ1v) is 4.44. The molecule has 2 nitrogen and oxygen atoms in total. The van der Waals surface area contributed by atoms with Gasteiger partial charge in [-0.3, -0.25) is 0 Å². The highest BCUT2D eigenvalue weighted by molar-refractivity contribution is 4.54. The third-order valence-electron chi connectivity index (χ3n) is 2.20. The lowest BCUT2D eigenvalue weighted by Crippen LogP contribution is -2.47. The summed E-state index contributed by atoms with van der Waals surface area (Å²) >= 11 is 0. The Morgan fingerprint density at radius 3 is 2.09 bits per heavy atom. The van der Waals surface area contributed by atoms with E-state index in [0.717, 1.165) is 10.9 Å². The Balaban J connectivity index is 3.76. The minimum absolute atomic E-state index is 0.309. The van der Waals surface area contributed by atoms with Crippen molar-refractivity contribution in [2.24, 2.45) is 0 Å². The molecule has 0 heterocycles. The van der Waals surface area contributed by atoms with E-state index in [9.17, 15) is 0 Å². The number of hydrogen-bond donors (Lipinski definition) is 1. The highest BCUT2D eigenvalue weighted by Gasteiger charge is 2.21. The lowest BCUT2D eigenvalue weighted by atomic mass is 10.1. The maximum absolute atomic E-state index is 9.07. The molecule has 0 fully saturated rings. The lowest BCUT2D eigenvalue weighted by Gasteiger charge is -2.32. The number of aliphatic hydroxyl groups excluding tert-OH is 1. The molecule has 0 aliphatic heterocycles. The lowest BCUT2D eigenvalue weighted by molar-refractivity contribution is -0.896. The van der Waals surface area contributed by atoms with Crippen molar-refractivity contribution in [1.82, 2.24) is 0 Å². The largest absolute Gasteiger partial charge is 0.390 e. The Morgan fingerprint density at radius 1 is 1.27 bits per heavy atom. The quantitative estimate of drug-likeness (QED) is 0.600. The molecule has 0 amide bonds. The molecule has 2 heteroatoms. The smallest absolute Gasteiger partial charge is 0.112 e. The number of hydrogen-bond acceptors (Lipinski definition) is 1. The van der Waals surface area contributed by atoms with Crippen LogP contribution in [0.5, 0.6) is 0 Å². The molecule has 11 heavy (non-hydrogen) atoms. The van der Waals surface area contributed by atoms with Gasteiger partial charge in [-0.15, -0.1) is 0 Å². The summed E-state index contributed by atoms with van der Waals surface area (Å²) in [5, 5.41) is 9.07. The molecule has 68 valence electrons. The highest BCUT2D eigenvalue weighted by atomic mass is 16.3. The standard InChI is InChI=1S/C9H22NO/c1-5-6-7-9(8-11)10(2,3)4/h9,11H,5-8H2,1-4H3/q+1/t9-/m1/s1. The van der Waals surface area contributed by atoms with Crippen LogP contribution in [0.1, 0.15) is 26.2 Å².